The van der Waals surface area contributed by atoms with E-state index in [1.165, 1.54) is 0 Å². The molecule has 0 aliphatic rings. The van der Waals surface area contributed by atoms with E-state index >= 15 is 0 Å². The van der Waals surface area contributed by atoms with Crippen molar-refractivity contribution in [3.8, 4) is 0 Å². The average molecular weight is 187 g/mol. The molecule has 0 saturated heterocycles. The van der Waals surface area contributed by atoms with Crippen molar-refractivity contribution in [3.63, 3.8) is 0 Å². The van der Waals surface area contributed by atoms with Crippen LogP contribution in [-0.4, -0.2) is 22.8 Å². The van der Waals surface area contributed by atoms with Gasteiger partial charge in [-0.2, -0.15) is 0 Å². The van der Waals surface area contributed by atoms with E-state index in [1.54, 1.807) is 11.9 Å². The van der Waals surface area contributed by atoms with Gasteiger partial charge in [-0.25, -0.2) is 0 Å². The second-order valence-electron chi connectivity index (χ2n) is 2.95. The lowest BCUT2D eigenvalue weighted by Gasteiger charge is -2.21. The van der Waals surface area contributed by atoms with E-state index in [9.17, 15) is 4.79 Å². The van der Waals surface area contributed by atoms with Crippen molar-refractivity contribution in [2.45, 2.75) is 33.6 Å². The molecule has 0 aromatic rings. The fraction of sp³-hybridized carbons (Fsp3) is 0.778. The van der Waals surface area contributed by atoms with E-state index in [-0.39, 0.29) is 5.91 Å². The lowest BCUT2D eigenvalue weighted by Crippen LogP contribution is -2.34. The van der Waals surface area contributed by atoms with Crippen molar-refractivity contribution in [3.05, 3.63) is 0 Å². The average Bonchev–Trinajstić information content (AvgIpc) is 2.12. The van der Waals surface area contributed by atoms with Crippen LogP contribution in [0.3, 0.4) is 0 Å². The Balaban J connectivity index is 4.19. The van der Waals surface area contributed by atoms with E-state index < -0.39 is 0 Å². The standard InChI is InChI=1S/C9H17NOS/c1-5-7(3)9(12)10(4)8(11)6-2/h7H,5-6H2,1-4H3. The molecule has 0 aliphatic heterocycles. The Labute approximate surface area is 79.9 Å². The maximum absolute atomic E-state index is 11.2. The monoisotopic (exact) mass is 187 g/mol. The summed E-state index contributed by atoms with van der Waals surface area (Å²) in [4.78, 5) is 13.6. The summed E-state index contributed by atoms with van der Waals surface area (Å²) in [5.41, 5.74) is 0. The number of carbonyl (C=O) groups is 1. The van der Waals surface area contributed by atoms with Crippen LogP contribution in [0.4, 0.5) is 0 Å². The molecule has 0 fully saturated rings. The Morgan fingerprint density at radius 1 is 1.50 bits per heavy atom. The fourth-order valence-electron chi connectivity index (χ4n) is 0.865. The van der Waals surface area contributed by atoms with Gasteiger partial charge < -0.3 is 4.90 Å². The van der Waals surface area contributed by atoms with Crippen molar-refractivity contribution in [1.29, 1.82) is 0 Å². The highest BCUT2D eigenvalue weighted by atomic mass is 32.1. The molecule has 0 aromatic carbocycles. The maximum Gasteiger partial charge on any atom is 0.226 e. The van der Waals surface area contributed by atoms with E-state index in [0.29, 0.717) is 12.3 Å². The van der Waals surface area contributed by atoms with Gasteiger partial charge in [0.05, 0.1) is 4.99 Å². The van der Waals surface area contributed by atoms with Crippen LogP contribution < -0.4 is 0 Å². The smallest absolute Gasteiger partial charge is 0.226 e. The van der Waals surface area contributed by atoms with Crippen LogP contribution in [0, 0.1) is 5.92 Å². The molecular weight excluding hydrogens is 170 g/mol. The van der Waals surface area contributed by atoms with Gasteiger partial charge in [-0.15, -0.1) is 0 Å². The van der Waals surface area contributed by atoms with Crippen LogP contribution in [0.1, 0.15) is 33.6 Å². The normalized spacial score (nSPS) is 12.3. The molecule has 1 atom stereocenters. The van der Waals surface area contributed by atoms with Crippen LogP contribution in [-0.2, 0) is 4.79 Å². The first-order chi connectivity index (χ1) is 5.54. The zero-order chi connectivity index (χ0) is 9.72. The van der Waals surface area contributed by atoms with Gasteiger partial charge in [0.1, 0.15) is 0 Å². The minimum atomic E-state index is 0.0975. The second kappa shape index (κ2) is 5.25. The highest BCUT2D eigenvalue weighted by Gasteiger charge is 2.15. The molecule has 0 radical (unpaired) electrons. The third-order valence-electron chi connectivity index (χ3n) is 2.04. The van der Waals surface area contributed by atoms with E-state index in [2.05, 4.69) is 6.92 Å². The van der Waals surface area contributed by atoms with E-state index in [1.807, 2.05) is 13.8 Å². The van der Waals surface area contributed by atoms with Gasteiger partial charge >= 0.3 is 0 Å². The minimum Gasteiger partial charge on any atom is -0.310 e. The molecular formula is C9H17NOS. The number of hydrogen-bond donors (Lipinski definition) is 0. The lowest BCUT2D eigenvalue weighted by atomic mass is 10.1. The Morgan fingerprint density at radius 2 is 2.00 bits per heavy atom. The zero-order valence-corrected chi connectivity index (χ0v) is 9.07. The number of thiocarbonyl (C=S) groups is 1. The SMILES string of the molecule is CCC(=O)N(C)C(=S)C(C)CC. The summed E-state index contributed by atoms with van der Waals surface area (Å²) < 4.78 is 0. The molecule has 12 heavy (non-hydrogen) atoms. The summed E-state index contributed by atoms with van der Waals surface area (Å²) in [5, 5.41) is 0. The molecule has 0 aromatic heterocycles. The van der Waals surface area contributed by atoms with Crippen molar-refractivity contribution in [2.24, 2.45) is 5.92 Å². The molecule has 70 valence electrons. The largest absolute Gasteiger partial charge is 0.310 e. The van der Waals surface area contributed by atoms with Crippen LogP contribution in [0.5, 0.6) is 0 Å². The summed E-state index contributed by atoms with van der Waals surface area (Å²) in [7, 11) is 1.75. The van der Waals surface area contributed by atoms with E-state index in [4.69, 9.17) is 12.2 Å². The summed E-state index contributed by atoms with van der Waals surface area (Å²) in [6.45, 7) is 5.96. The highest BCUT2D eigenvalue weighted by molar-refractivity contribution is 7.80. The Morgan fingerprint density at radius 3 is 2.33 bits per heavy atom. The van der Waals surface area contributed by atoms with Gasteiger partial charge in [0.15, 0.2) is 0 Å². The van der Waals surface area contributed by atoms with Crippen LogP contribution in [0.25, 0.3) is 0 Å². The van der Waals surface area contributed by atoms with Gasteiger partial charge in [0.25, 0.3) is 0 Å². The predicted molar refractivity (Wildman–Crippen MR) is 55.1 cm³/mol. The Kier molecular flexibility index (Phi) is 5.06. The van der Waals surface area contributed by atoms with Crippen LogP contribution in [0.2, 0.25) is 0 Å². The molecule has 1 amide bonds. The number of nitrogens with zero attached hydrogens (tertiary/aromatic N) is 1. The van der Waals surface area contributed by atoms with Gasteiger partial charge in [-0.05, 0) is 6.42 Å². The molecule has 0 spiro atoms. The topological polar surface area (TPSA) is 20.3 Å². The van der Waals surface area contributed by atoms with Crippen molar-refractivity contribution >= 4 is 23.1 Å². The molecule has 0 rings (SSSR count). The zero-order valence-electron chi connectivity index (χ0n) is 8.26. The lowest BCUT2D eigenvalue weighted by molar-refractivity contribution is -0.126. The first-order valence-electron chi connectivity index (χ1n) is 4.34. The number of amides is 1. The first kappa shape index (κ1) is 11.6. The van der Waals surface area contributed by atoms with Crippen molar-refractivity contribution in [2.75, 3.05) is 7.05 Å². The van der Waals surface area contributed by atoms with Crippen LogP contribution in [0.15, 0.2) is 0 Å². The molecule has 3 heteroatoms. The molecule has 1 unspecified atom stereocenters. The highest BCUT2D eigenvalue weighted by Crippen LogP contribution is 2.08. The minimum absolute atomic E-state index is 0.0975. The number of hydrogen-bond acceptors (Lipinski definition) is 2. The van der Waals surface area contributed by atoms with Crippen LogP contribution >= 0.6 is 12.2 Å². The molecule has 0 N–H and O–H groups in total. The Hall–Kier alpha value is -0.440. The summed E-state index contributed by atoms with van der Waals surface area (Å²) in [5.74, 6) is 0.417. The third-order valence-corrected chi connectivity index (χ3v) is 2.72. The number of rotatable bonds is 3. The van der Waals surface area contributed by atoms with Gasteiger partial charge in [-0.3, -0.25) is 4.79 Å². The number of carbonyl (C=O) groups excluding carboxylic acids is 1. The molecule has 2 nitrogen and oxygen atoms in total. The summed E-state index contributed by atoms with van der Waals surface area (Å²) in [6.07, 6.45) is 1.51. The van der Waals surface area contributed by atoms with E-state index in [0.717, 1.165) is 11.4 Å². The summed E-state index contributed by atoms with van der Waals surface area (Å²) in [6, 6.07) is 0. The molecule has 0 aliphatic carbocycles. The predicted octanol–water partition coefficient (Wildman–Crippen LogP) is 2.23. The summed E-state index contributed by atoms with van der Waals surface area (Å²) >= 11 is 5.15. The van der Waals surface area contributed by atoms with Gasteiger partial charge in [0, 0.05) is 19.4 Å². The third kappa shape index (κ3) is 2.89. The fourth-order valence-corrected chi connectivity index (χ4v) is 1.13. The quantitative estimate of drug-likeness (QED) is 0.631. The van der Waals surface area contributed by atoms with Crippen molar-refractivity contribution in [1.82, 2.24) is 4.90 Å². The van der Waals surface area contributed by atoms with Gasteiger partial charge in [0.2, 0.25) is 5.91 Å². The Bertz CT molecular complexity index is 179. The van der Waals surface area contributed by atoms with Crippen molar-refractivity contribution < 1.29 is 4.79 Å². The molecule has 0 bridgehead atoms. The second-order valence-corrected chi connectivity index (χ2v) is 3.37. The first-order valence-corrected chi connectivity index (χ1v) is 4.75. The van der Waals surface area contributed by atoms with Gasteiger partial charge in [-0.1, -0.05) is 33.0 Å². The molecule has 0 heterocycles. The molecule has 0 saturated carbocycles. The maximum atomic E-state index is 11.2.